The van der Waals surface area contributed by atoms with Crippen molar-refractivity contribution in [3.8, 4) is 0 Å². The van der Waals surface area contributed by atoms with Crippen molar-refractivity contribution in [2.24, 2.45) is 5.92 Å². The van der Waals surface area contributed by atoms with Gasteiger partial charge in [0.25, 0.3) is 0 Å². The minimum Gasteiger partial charge on any atom is -0.459 e. The summed E-state index contributed by atoms with van der Waals surface area (Å²) in [6.07, 6.45) is 5.19. The maximum absolute atomic E-state index is 6.05. The lowest BCUT2D eigenvalue weighted by Gasteiger charge is -2.19. The molecule has 2 heteroatoms. The molecule has 2 atom stereocenters. The number of hydrogen-bond acceptors (Lipinski definition) is 2. The molecule has 0 radical (unpaired) electrons. The molecule has 0 spiro atoms. The molecule has 2 rings (SSSR count). The van der Waals surface area contributed by atoms with E-state index in [0.717, 1.165) is 23.8 Å². The van der Waals surface area contributed by atoms with Crippen molar-refractivity contribution in [1.82, 2.24) is 5.32 Å². The van der Waals surface area contributed by atoms with E-state index >= 15 is 0 Å². The number of furan rings is 1. The molecule has 1 heterocycles. The number of hydrogen-bond donors (Lipinski definition) is 1. The molecule has 0 fully saturated rings. The number of fused-ring (bicyclic) bond motifs is 1. The van der Waals surface area contributed by atoms with Gasteiger partial charge in [-0.2, -0.15) is 0 Å². The maximum atomic E-state index is 6.05. The summed E-state index contributed by atoms with van der Waals surface area (Å²) in [6.45, 7) is 10.00. The van der Waals surface area contributed by atoms with E-state index in [1.54, 1.807) is 0 Å². The highest BCUT2D eigenvalue weighted by Gasteiger charge is 2.17. The van der Waals surface area contributed by atoms with Crippen LogP contribution in [0.4, 0.5) is 0 Å². The lowest BCUT2D eigenvalue weighted by atomic mass is 9.99. The number of para-hydroxylation sites is 1. The van der Waals surface area contributed by atoms with E-state index in [1.165, 1.54) is 36.6 Å². The van der Waals surface area contributed by atoms with Crippen LogP contribution in [0.5, 0.6) is 0 Å². The van der Waals surface area contributed by atoms with Crippen molar-refractivity contribution in [3.63, 3.8) is 0 Å². The fourth-order valence-electron chi connectivity index (χ4n) is 2.99. The minimum atomic E-state index is 0.271. The Kier molecular flexibility index (Phi) is 5.86. The van der Waals surface area contributed by atoms with Crippen LogP contribution in [0.1, 0.15) is 63.8 Å². The molecule has 1 aromatic heterocycles. The average molecular weight is 287 g/mol. The summed E-state index contributed by atoms with van der Waals surface area (Å²) in [4.78, 5) is 0. The highest BCUT2D eigenvalue weighted by Crippen LogP contribution is 2.29. The number of aryl methyl sites for hydroxylation is 1. The van der Waals surface area contributed by atoms with Crippen LogP contribution in [0.3, 0.4) is 0 Å². The van der Waals surface area contributed by atoms with Crippen LogP contribution in [-0.2, 0) is 0 Å². The molecular formula is C19H29NO. The molecule has 1 aromatic carbocycles. The molecule has 0 aliphatic heterocycles. The quantitative estimate of drug-likeness (QED) is 0.682. The second-order valence-electron chi connectivity index (χ2n) is 6.13. The van der Waals surface area contributed by atoms with Crippen LogP contribution in [-0.4, -0.2) is 6.54 Å². The molecule has 2 unspecified atom stereocenters. The molecule has 2 aromatic rings. The van der Waals surface area contributed by atoms with Crippen LogP contribution in [0.15, 0.2) is 28.7 Å². The van der Waals surface area contributed by atoms with Gasteiger partial charge in [0.05, 0.1) is 6.04 Å². The Labute approximate surface area is 128 Å². The minimum absolute atomic E-state index is 0.271. The van der Waals surface area contributed by atoms with Gasteiger partial charge < -0.3 is 9.73 Å². The van der Waals surface area contributed by atoms with Gasteiger partial charge in [0.1, 0.15) is 11.3 Å². The SMILES string of the molecule is CCCCC(CC)CNC(C)c1oc2ccccc2c1C. The summed E-state index contributed by atoms with van der Waals surface area (Å²) in [5.74, 6) is 1.86. The third-order valence-electron chi connectivity index (χ3n) is 4.53. The molecule has 2 nitrogen and oxygen atoms in total. The first-order chi connectivity index (χ1) is 10.2. The monoisotopic (exact) mass is 287 g/mol. The third kappa shape index (κ3) is 3.88. The zero-order valence-corrected chi connectivity index (χ0v) is 13.9. The molecule has 0 aliphatic carbocycles. The van der Waals surface area contributed by atoms with E-state index in [4.69, 9.17) is 4.42 Å². The Hall–Kier alpha value is -1.28. The summed E-state index contributed by atoms with van der Waals surface area (Å²) in [6, 6.07) is 8.57. The van der Waals surface area contributed by atoms with E-state index in [-0.39, 0.29) is 6.04 Å². The van der Waals surface area contributed by atoms with Crippen LogP contribution >= 0.6 is 0 Å². The fourth-order valence-corrected chi connectivity index (χ4v) is 2.99. The Bertz CT molecular complexity index is 558. The van der Waals surface area contributed by atoms with Crippen LogP contribution < -0.4 is 5.32 Å². The van der Waals surface area contributed by atoms with E-state index in [9.17, 15) is 0 Å². The van der Waals surface area contributed by atoms with Gasteiger partial charge in [-0.25, -0.2) is 0 Å². The molecule has 0 bridgehead atoms. The molecule has 21 heavy (non-hydrogen) atoms. The van der Waals surface area contributed by atoms with E-state index in [2.05, 4.69) is 51.2 Å². The number of rotatable bonds is 8. The molecule has 0 aliphatic rings. The van der Waals surface area contributed by atoms with Gasteiger partial charge >= 0.3 is 0 Å². The third-order valence-corrected chi connectivity index (χ3v) is 4.53. The average Bonchev–Trinajstić information content (AvgIpc) is 2.85. The van der Waals surface area contributed by atoms with Crippen molar-refractivity contribution >= 4 is 11.0 Å². The second-order valence-corrected chi connectivity index (χ2v) is 6.13. The lowest BCUT2D eigenvalue weighted by molar-refractivity contribution is 0.374. The van der Waals surface area contributed by atoms with Gasteiger partial charge in [0.2, 0.25) is 0 Å². The smallest absolute Gasteiger partial charge is 0.134 e. The van der Waals surface area contributed by atoms with E-state index in [1.807, 2.05) is 6.07 Å². The Morgan fingerprint density at radius 1 is 1.19 bits per heavy atom. The Morgan fingerprint density at radius 3 is 2.62 bits per heavy atom. The zero-order chi connectivity index (χ0) is 15.2. The summed E-state index contributed by atoms with van der Waals surface area (Å²) in [7, 11) is 0. The predicted molar refractivity (Wildman–Crippen MR) is 90.7 cm³/mol. The summed E-state index contributed by atoms with van der Waals surface area (Å²) in [5.41, 5.74) is 2.27. The maximum Gasteiger partial charge on any atom is 0.134 e. The molecule has 0 amide bonds. The van der Waals surface area contributed by atoms with Gasteiger partial charge in [0, 0.05) is 5.39 Å². The standard InChI is InChI=1S/C19H29NO/c1-5-7-10-16(6-2)13-20-15(4)19-14(3)17-11-8-9-12-18(17)21-19/h8-9,11-12,15-16,20H,5-7,10,13H2,1-4H3. The molecule has 1 N–H and O–H groups in total. The van der Waals surface area contributed by atoms with Gasteiger partial charge in [-0.05, 0) is 44.4 Å². The van der Waals surface area contributed by atoms with Crippen molar-refractivity contribution < 1.29 is 4.42 Å². The molecule has 0 saturated heterocycles. The largest absolute Gasteiger partial charge is 0.459 e. The van der Waals surface area contributed by atoms with Crippen molar-refractivity contribution in [2.75, 3.05) is 6.54 Å². The molecule has 0 saturated carbocycles. The van der Waals surface area contributed by atoms with E-state index < -0.39 is 0 Å². The predicted octanol–water partition coefficient (Wildman–Crippen LogP) is 5.61. The Morgan fingerprint density at radius 2 is 1.95 bits per heavy atom. The topological polar surface area (TPSA) is 25.2 Å². The van der Waals surface area contributed by atoms with Gasteiger partial charge in [0.15, 0.2) is 0 Å². The van der Waals surface area contributed by atoms with Gasteiger partial charge in [-0.15, -0.1) is 0 Å². The van der Waals surface area contributed by atoms with Crippen LogP contribution in [0, 0.1) is 12.8 Å². The summed E-state index contributed by atoms with van der Waals surface area (Å²) >= 11 is 0. The van der Waals surface area contributed by atoms with Crippen molar-refractivity contribution in [2.45, 2.75) is 59.4 Å². The van der Waals surface area contributed by atoms with E-state index in [0.29, 0.717) is 0 Å². The molecule has 116 valence electrons. The highest BCUT2D eigenvalue weighted by atomic mass is 16.3. The normalized spacial score (nSPS) is 14.5. The summed E-state index contributed by atoms with van der Waals surface area (Å²) in [5, 5.41) is 4.90. The zero-order valence-electron chi connectivity index (χ0n) is 13.9. The van der Waals surface area contributed by atoms with Crippen molar-refractivity contribution in [1.29, 1.82) is 0 Å². The fraction of sp³-hybridized carbons (Fsp3) is 0.579. The number of unbranched alkanes of at least 4 members (excludes halogenated alkanes) is 1. The lowest BCUT2D eigenvalue weighted by Crippen LogP contribution is -2.25. The van der Waals surface area contributed by atoms with Gasteiger partial charge in [-0.3, -0.25) is 0 Å². The second kappa shape index (κ2) is 7.65. The first-order valence-corrected chi connectivity index (χ1v) is 8.38. The highest BCUT2D eigenvalue weighted by molar-refractivity contribution is 5.82. The van der Waals surface area contributed by atoms with Crippen molar-refractivity contribution in [3.05, 3.63) is 35.6 Å². The Balaban J connectivity index is 2.01. The number of benzene rings is 1. The first-order valence-electron chi connectivity index (χ1n) is 8.38. The first kappa shape index (κ1) is 16.1. The summed E-state index contributed by atoms with van der Waals surface area (Å²) < 4.78 is 6.05. The molecular weight excluding hydrogens is 258 g/mol. The van der Waals surface area contributed by atoms with Crippen LogP contribution in [0.25, 0.3) is 11.0 Å². The van der Waals surface area contributed by atoms with Gasteiger partial charge in [-0.1, -0.05) is 51.3 Å². The number of nitrogens with one attached hydrogen (secondary N) is 1. The van der Waals surface area contributed by atoms with Crippen LogP contribution in [0.2, 0.25) is 0 Å².